The van der Waals surface area contributed by atoms with Crippen molar-refractivity contribution in [3.05, 3.63) is 65.2 Å². The molecule has 1 aliphatic heterocycles. The zero-order valence-electron chi connectivity index (χ0n) is 17.2. The molecule has 1 amide bonds. The van der Waals surface area contributed by atoms with Crippen LogP contribution >= 0.6 is 0 Å². The summed E-state index contributed by atoms with van der Waals surface area (Å²) in [6.45, 7) is 3.66. The minimum Gasteiger partial charge on any atom is -0.490 e. The second kappa shape index (κ2) is 10.9. The van der Waals surface area contributed by atoms with E-state index in [4.69, 9.17) is 9.47 Å². The summed E-state index contributed by atoms with van der Waals surface area (Å²) in [4.78, 5) is 14.0. The first kappa shape index (κ1) is 22.0. The van der Waals surface area contributed by atoms with E-state index in [0.717, 1.165) is 18.9 Å². The number of halogens is 2. The molecule has 3 rings (SSSR count). The van der Waals surface area contributed by atoms with E-state index in [1.807, 2.05) is 37.3 Å². The molecule has 162 valence electrons. The number of rotatable bonds is 8. The first-order valence-electron chi connectivity index (χ1n) is 10.4. The number of amides is 1. The predicted octanol–water partition coefficient (Wildman–Crippen LogP) is 4.30. The predicted molar refractivity (Wildman–Crippen MR) is 110 cm³/mol. The molecule has 1 atom stereocenters. The number of carbonyl (C=O) groups is 1. The van der Waals surface area contributed by atoms with Crippen molar-refractivity contribution in [2.75, 3.05) is 26.2 Å². The molecule has 0 aromatic heterocycles. The van der Waals surface area contributed by atoms with Crippen LogP contribution < -0.4 is 10.1 Å². The zero-order valence-corrected chi connectivity index (χ0v) is 17.2. The third-order valence-electron chi connectivity index (χ3n) is 5.26. The van der Waals surface area contributed by atoms with Crippen molar-refractivity contribution in [2.24, 2.45) is 0 Å². The standard InChI is InChI=1S/C23H28F2N2O3/c1-2-18-15-26-12-13-27(18)23(28)30-16-19-20(24)10-11-21(22(19)25)29-14-6-9-17-7-4-3-5-8-17/h3-5,7-8,10-11,18,26H,2,6,9,12-16H2,1H3. The molecule has 2 aromatic carbocycles. The Labute approximate surface area is 176 Å². The maximum Gasteiger partial charge on any atom is 0.410 e. The Morgan fingerprint density at radius 1 is 1.20 bits per heavy atom. The average Bonchev–Trinajstić information content (AvgIpc) is 2.78. The number of aryl methyl sites for hydroxylation is 1. The Balaban J connectivity index is 1.55. The molecular weight excluding hydrogens is 390 g/mol. The van der Waals surface area contributed by atoms with Gasteiger partial charge in [-0.3, -0.25) is 0 Å². The van der Waals surface area contributed by atoms with Gasteiger partial charge in [-0.25, -0.2) is 13.6 Å². The van der Waals surface area contributed by atoms with E-state index in [9.17, 15) is 13.6 Å². The second-order valence-corrected chi connectivity index (χ2v) is 7.29. The van der Waals surface area contributed by atoms with Gasteiger partial charge in [0.1, 0.15) is 12.4 Å². The molecular formula is C23H28F2N2O3. The summed E-state index contributed by atoms with van der Waals surface area (Å²) in [6.07, 6.45) is 1.72. The Hall–Kier alpha value is -2.67. The highest BCUT2D eigenvalue weighted by Crippen LogP contribution is 2.25. The van der Waals surface area contributed by atoms with Gasteiger partial charge in [-0.05, 0) is 37.0 Å². The average molecular weight is 418 g/mol. The fourth-order valence-electron chi connectivity index (χ4n) is 3.51. The Morgan fingerprint density at radius 2 is 2.00 bits per heavy atom. The van der Waals surface area contributed by atoms with Gasteiger partial charge in [-0.2, -0.15) is 0 Å². The van der Waals surface area contributed by atoms with Crippen LogP contribution in [0.15, 0.2) is 42.5 Å². The molecule has 1 heterocycles. The number of hydrogen-bond acceptors (Lipinski definition) is 4. The minimum absolute atomic E-state index is 0.0141. The summed E-state index contributed by atoms with van der Waals surface area (Å²) in [6, 6.07) is 12.3. The van der Waals surface area contributed by atoms with E-state index < -0.39 is 24.3 Å². The number of nitrogens with zero attached hydrogens (tertiary/aromatic N) is 1. The highest BCUT2D eigenvalue weighted by Gasteiger charge is 2.27. The van der Waals surface area contributed by atoms with Crippen molar-refractivity contribution >= 4 is 6.09 Å². The van der Waals surface area contributed by atoms with E-state index in [1.165, 1.54) is 11.6 Å². The van der Waals surface area contributed by atoms with E-state index in [1.54, 1.807) is 4.90 Å². The summed E-state index contributed by atoms with van der Waals surface area (Å²) in [5.41, 5.74) is 0.874. The van der Waals surface area contributed by atoms with E-state index in [2.05, 4.69) is 5.32 Å². The zero-order chi connectivity index (χ0) is 21.3. The lowest BCUT2D eigenvalue weighted by atomic mass is 10.1. The second-order valence-electron chi connectivity index (χ2n) is 7.29. The number of ether oxygens (including phenoxy) is 2. The molecule has 0 spiro atoms. The van der Waals surface area contributed by atoms with E-state index in [-0.39, 0.29) is 17.4 Å². The minimum atomic E-state index is -0.824. The first-order valence-corrected chi connectivity index (χ1v) is 10.4. The molecule has 30 heavy (non-hydrogen) atoms. The lowest BCUT2D eigenvalue weighted by Gasteiger charge is -2.34. The maximum atomic E-state index is 14.7. The molecule has 1 N–H and O–H groups in total. The molecule has 1 fully saturated rings. The van der Waals surface area contributed by atoms with Crippen LogP contribution in [0, 0.1) is 11.6 Å². The fourth-order valence-corrected chi connectivity index (χ4v) is 3.51. The quantitative estimate of drug-likeness (QED) is 0.650. The van der Waals surface area contributed by atoms with Crippen molar-refractivity contribution in [1.29, 1.82) is 0 Å². The maximum absolute atomic E-state index is 14.7. The third kappa shape index (κ3) is 5.69. The van der Waals surface area contributed by atoms with Gasteiger partial charge in [0.25, 0.3) is 0 Å². The van der Waals surface area contributed by atoms with Crippen molar-refractivity contribution in [3.63, 3.8) is 0 Å². The lowest BCUT2D eigenvalue weighted by molar-refractivity contribution is 0.0697. The van der Waals surface area contributed by atoms with Crippen LogP contribution in [-0.2, 0) is 17.8 Å². The molecule has 7 heteroatoms. The van der Waals surface area contributed by atoms with Crippen LogP contribution in [0.25, 0.3) is 0 Å². The summed E-state index contributed by atoms with van der Waals surface area (Å²) >= 11 is 0. The molecule has 1 unspecified atom stereocenters. The molecule has 0 bridgehead atoms. The van der Waals surface area contributed by atoms with Gasteiger partial charge in [0.2, 0.25) is 0 Å². The van der Waals surface area contributed by atoms with E-state index in [0.29, 0.717) is 32.7 Å². The van der Waals surface area contributed by atoms with Gasteiger partial charge in [-0.15, -0.1) is 0 Å². The SMILES string of the molecule is CCC1CNCCN1C(=O)OCc1c(F)ccc(OCCCc2ccccc2)c1F. The largest absolute Gasteiger partial charge is 0.490 e. The van der Waals surface area contributed by atoms with Gasteiger partial charge < -0.3 is 19.7 Å². The number of piperazine rings is 1. The monoisotopic (exact) mass is 418 g/mol. The lowest BCUT2D eigenvalue weighted by Crippen LogP contribution is -2.53. The van der Waals surface area contributed by atoms with Crippen LogP contribution in [0.5, 0.6) is 5.75 Å². The van der Waals surface area contributed by atoms with Crippen molar-refractivity contribution < 1.29 is 23.0 Å². The summed E-state index contributed by atoms with van der Waals surface area (Å²) in [5.74, 6) is -1.62. The van der Waals surface area contributed by atoms with Crippen molar-refractivity contribution in [3.8, 4) is 5.75 Å². The first-order chi connectivity index (χ1) is 14.6. The van der Waals surface area contributed by atoms with Crippen LogP contribution in [0.4, 0.5) is 13.6 Å². The van der Waals surface area contributed by atoms with Gasteiger partial charge in [-0.1, -0.05) is 37.3 Å². The van der Waals surface area contributed by atoms with Gasteiger partial charge in [0, 0.05) is 25.7 Å². The van der Waals surface area contributed by atoms with Crippen molar-refractivity contribution in [2.45, 2.75) is 38.8 Å². The molecule has 0 aliphatic carbocycles. The van der Waals surface area contributed by atoms with Gasteiger partial charge >= 0.3 is 6.09 Å². The number of nitrogens with one attached hydrogen (secondary N) is 1. The molecule has 2 aromatic rings. The van der Waals surface area contributed by atoms with Crippen LogP contribution in [0.1, 0.15) is 30.9 Å². The highest BCUT2D eigenvalue weighted by atomic mass is 19.1. The van der Waals surface area contributed by atoms with Crippen molar-refractivity contribution in [1.82, 2.24) is 10.2 Å². The van der Waals surface area contributed by atoms with Crippen LogP contribution in [-0.4, -0.2) is 43.3 Å². The molecule has 0 saturated carbocycles. The third-order valence-corrected chi connectivity index (χ3v) is 5.26. The molecule has 1 aliphatic rings. The normalized spacial score (nSPS) is 16.4. The molecule has 0 radical (unpaired) electrons. The Kier molecular flexibility index (Phi) is 8.02. The number of hydrogen-bond donors (Lipinski definition) is 1. The van der Waals surface area contributed by atoms with E-state index >= 15 is 0 Å². The number of carbonyl (C=O) groups excluding carboxylic acids is 1. The summed E-state index contributed by atoms with van der Waals surface area (Å²) < 4.78 is 39.6. The Bertz CT molecular complexity index is 833. The smallest absolute Gasteiger partial charge is 0.410 e. The molecule has 1 saturated heterocycles. The summed E-state index contributed by atoms with van der Waals surface area (Å²) in [7, 11) is 0. The van der Waals surface area contributed by atoms with Gasteiger partial charge in [0.15, 0.2) is 11.6 Å². The van der Waals surface area contributed by atoms with Gasteiger partial charge in [0.05, 0.1) is 12.2 Å². The van der Waals surface area contributed by atoms with Crippen LogP contribution in [0.2, 0.25) is 0 Å². The molecule has 5 nitrogen and oxygen atoms in total. The summed E-state index contributed by atoms with van der Waals surface area (Å²) in [5, 5.41) is 3.22. The highest BCUT2D eigenvalue weighted by molar-refractivity contribution is 5.68. The fraction of sp³-hybridized carbons (Fsp3) is 0.435. The number of benzene rings is 2. The topological polar surface area (TPSA) is 50.8 Å². The Morgan fingerprint density at radius 3 is 2.77 bits per heavy atom. The van der Waals surface area contributed by atoms with Crippen LogP contribution in [0.3, 0.4) is 0 Å².